The predicted octanol–water partition coefficient (Wildman–Crippen LogP) is 3.44. The molecular weight excluding hydrogens is 486 g/mol. The highest BCUT2D eigenvalue weighted by Crippen LogP contribution is 2.18. The van der Waals surface area contributed by atoms with Gasteiger partial charge in [-0.25, -0.2) is 9.38 Å². The van der Waals surface area contributed by atoms with Gasteiger partial charge in [0.15, 0.2) is 5.96 Å². The highest BCUT2D eigenvalue weighted by atomic mass is 127. The van der Waals surface area contributed by atoms with Gasteiger partial charge in [0.05, 0.1) is 37.0 Å². The van der Waals surface area contributed by atoms with Crippen molar-refractivity contribution in [1.29, 1.82) is 5.26 Å². The van der Waals surface area contributed by atoms with Crippen molar-refractivity contribution in [3.8, 4) is 6.07 Å². The standard InChI is InChI=1S/C21H29FN4O2.HI/c1-2-24-21(25-14-17-6-5-16(13-23)12-20(17)22)26-9-7-18(8-10-26)28-15-19-4-3-11-27-19;/h5-6,12,18-19H,2-4,7-11,14-15H2,1H3,(H,24,25);1H. The van der Waals surface area contributed by atoms with Crippen LogP contribution in [0.25, 0.3) is 0 Å². The smallest absolute Gasteiger partial charge is 0.194 e. The SMILES string of the molecule is CCNC(=NCc1ccc(C#N)cc1F)N1CCC(OCC2CCCO2)CC1.I. The van der Waals surface area contributed by atoms with Gasteiger partial charge in [-0.15, -0.1) is 24.0 Å². The molecule has 2 aliphatic rings. The van der Waals surface area contributed by atoms with Crippen LogP contribution in [0.3, 0.4) is 0 Å². The molecule has 0 aromatic heterocycles. The van der Waals surface area contributed by atoms with Crippen molar-refractivity contribution in [2.24, 2.45) is 4.99 Å². The van der Waals surface area contributed by atoms with Gasteiger partial charge in [-0.05, 0) is 44.7 Å². The summed E-state index contributed by atoms with van der Waals surface area (Å²) >= 11 is 0. The molecule has 2 aliphatic heterocycles. The maximum atomic E-state index is 14.1. The molecule has 3 rings (SSSR count). The zero-order chi connectivity index (χ0) is 19.8. The van der Waals surface area contributed by atoms with E-state index in [1.54, 1.807) is 12.1 Å². The molecule has 29 heavy (non-hydrogen) atoms. The van der Waals surface area contributed by atoms with Crippen LogP contribution in [0.4, 0.5) is 4.39 Å². The van der Waals surface area contributed by atoms with Crippen LogP contribution in [0.1, 0.15) is 43.7 Å². The minimum absolute atomic E-state index is 0. The number of hydrogen-bond acceptors (Lipinski definition) is 4. The second kappa shape index (κ2) is 12.3. The van der Waals surface area contributed by atoms with Gasteiger partial charge in [-0.3, -0.25) is 0 Å². The maximum absolute atomic E-state index is 14.1. The van der Waals surface area contributed by atoms with Crippen LogP contribution in [-0.4, -0.2) is 55.9 Å². The number of hydrogen-bond donors (Lipinski definition) is 1. The lowest BCUT2D eigenvalue weighted by atomic mass is 10.1. The van der Waals surface area contributed by atoms with Crippen LogP contribution in [-0.2, 0) is 16.0 Å². The van der Waals surface area contributed by atoms with E-state index in [0.29, 0.717) is 17.7 Å². The Morgan fingerprint density at radius 2 is 2.17 bits per heavy atom. The van der Waals surface area contributed by atoms with Crippen LogP contribution >= 0.6 is 24.0 Å². The molecule has 1 atom stereocenters. The van der Waals surface area contributed by atoms with Gasteiger partial charge in [0.1, 0.15) is 5.82 Å². The van der Waals surface area contributed by atoms with Crippen LogP contribution in [0.5, 0.6) is 0 Å². The lowest BCUT2D eigenvalue weighted by Gasteiger charge is -2.34. The molecule has 160 valence electrons. The average molecular weight is 516 g/mol. The van der Waals surface area contributed by atoms with Crippen molar-refractivity contribution >= 4 is 29.9 Å². The highest BCUT2D eigenvalue weighted by molar-refractivity contribution is 14.0. The van der Waals surface area contributed by atoms with E-state index in [-0.39, 0.29) is 48.5 Å². The third-order valence-electron chi connectivity index (χ3n) is 5.20. The Bertz CT molecular complexity index is 711. The molecule has 2 saturated heterocycles. The molecule has 0 amide bonds. The normalized spacial score (nSPS) is 20.2. The fourth-order valence-corrected chi connectivity index (χ4v) is 3.58. The van der Waals surface area contributed by atoms with E-state index in [1.165, 1.54) is 6.07 Å². The number of nitriles is 1. The van der Waals surface area contributed by atoms with Crippen LogP contribution in [0, 0.1) is 17.1 Å². The topological polar surface area (TPSA) is 69.9 Å². The van der Waals surface area contributed by atoms with E-state index in [2.05, 4.69) is 15.2 Å². The molecule has 0 radical (unpaired) electrons. The minimum atomic E-state index is -0.389. The summed E-state index contributed by atoms with van der Waals surface area (Å²) < 4.78 is 25.8. The number of halogens is 2. The van der Waals surface area contributed by atoms with Crippen LogP contribution in [0.2, 0.25) is 0 Å². The van der Waals surface area contributed by atoms with Crippen molar-refractivity contribution in [3.05, 3.63) is 35.1 Å². The van der Waals surface area contributed by atoms with Crippen molar-refractivity contribution in [2.45, 2.75) is 51.4 Å². The second-order valence-corrected chi connectivity index (χ2v) is 7.24. The van der Waals surface area contributed by atoms with Crippen molar-refractivity contribution in [3.63, 3.8) is 0 Å². The first kappa shape index (κ1) is 23.8. The van der Waals surface area contributed by atoms with Crippen LogP contribution in [0.15, 0.2) is 23.2 Å². The van der Waals surface area contributed by atoms with Gasteiger partial charge < -0.3 is 19.7 Å². The quantitative estimate of drug-likeness (QED) is 0.357. The van der Waals surface area contributed by atoms with Gasteiger partial charge in [-0.2, -0.15) is 5.26 Å². The number of ether oxygens (including phenoxy) is 2. The Morgan fingerprint density at radius 1 is 1.38 bits per heavy atom. The molecule has 0 saturated carbocycles. The number of likely N-dealkylation sites (tertiary alicyclic amines) is 1. The fourth-order valence-electron chi connectivity index (χ4n) is 3.58. The lowest BCUT2D eigenvalue weighted by molar-refractivity contribution is -0.0367. The molecule has 0 spiro atoms. The lowest BCUT2D eigenvalue weighted by Crippen LogP contribution is -2.47. The monoisotopic (exact) mass is 516 g/mol. The van der Waals surface area contributed by atoms with Gasteiger partial charge in [0.25, 0.3) is 0 Å². The van der Waals surface area contributed by atoms with E-state index in [1.807, 2.05) is 13.0 Å². The average Bonchev–Trinajstić information content (AvgIpc) is 3.24. The number of nitrogens with zero attached hydrogens (tertiary/aromatic N) is 3. The molecule has 1 aromatic carbocycles. The second-order valence-electron chi connectivity index (χ2n) is 7.24. The van der Waals surface area contributed by atoms with E-state index in [4.69, 9.17) is 14.7 Å². The fraction of sp³-hybridized carbons (Fsp3) is 0.619. The molecule has 6 nitrogen and oxygen atoms in total. The first-order valence-corrected chi connectivity index (χ1v) is 10.1. The molecular formula is C21H30FIN4O2. The summed E-state index contributed by atoms with van der Waals surface area (Å²) in [6.45, 7) is 6.29. The van der Waals surface area contributed by atoms with E-state index >= 15 is 0 Å². The molecule has 0 aliphatic carbocycles. The Morgan fingerprint density at radius 3 is 2.79 bits per heavy atom. The molecule has 0 bridgehead atoms. The Hall–Kier alpha value is -1.44. The Kier molecular flexibility index (Phi) is 10.1. The van der Waals surface area contributed by atoms with Gasteiger partial charge in [0, 0.05) is 31.8 Å². The summed E-state index contributed by atoms with van der Waals surface area (Å²) in [5.41, 5.74) is 0.811. The third kappa shape index (κ3) is 7.08. The van der Waals surface area contributed by atoms with Gasteiger partial charge in [-0.1, -0.05) is 6.07 Å². The zero-order valence-electron chi connectivity index (χ0n) is 16.9. The van der Waals surface area contributed by atoms with Gasteiger partial charge >= 0.3 is 0 Å². The Labute approximate surface area is 189 Å². The van der Waals surface area contributed by atoms with E-state index < -0.39 is 0 Å². The first-order valence-electron chi connectivity index (χ1n) is 10.1. The summed E-state index contributed by atoms with van der Waals surface area (Å²) in [7, 11) is 0. The van der Waals surface area contributed by atoms with Crippen molar-refractivity contribution < 1.29 is 13.9 Å². The van der Waals surface area contributed by atoms with Gasteiger partial charge in [0.2, 0.25) is 0 Å². The number of aliphatic imine (C=N–C) groups is 1. The summed E-state index contributed by atoms with van der Waals surface area (Å²) in [6.07, 6.45) is 4.65. The molecule has 2 heterocycles. The molecule has 1 unspecified atom stereocenters. The predicted molar refractivity (Wildman–Crippen MR) is 121 cm³/mol. The summed E-state index contributed by atoms with van der Waals surface area (Å²) in [5, 5.41) is 12.2. The highest BCUT2D eigenvalue weighted by Gasteiger charge is 2.24. The number of piperidine rings is 1. The number of rotatable bonds is 6. The number of nitrogens with one attached hydrogen (secondary N) is 1. The molecule has 8 heteroatoms. The number of guanidine groups is 1. The van der Waals surface area contributed by atoms with Crippen molar-refractivity contribution in [1.82, 2.24) is 10.2 Å². The molecule has 2 fully saturated rings. The van der Waals surface area contributed by atoms with E-state index in [0.717, 1.165) is 57.9 Å². The zero-order valence-corrected chi connectivity index (χ0v) is 19.2. The molecule has 1 aromatic rings. The first-order chi connectivity index (χ1) is 13.7. The molecule has 1 N–H and O–H groups in total. The Balaban J connectivity index is 0.00000300. The summed E-state index contributed by atoms with van der Waals surface area (Å²) in [6, 6.07) is 6.46. The minimum Gasteiger partial charge on any atom is -0.376 e. The largest absolute Gasteiger partial charge is 0.376 e. The number of benzene rings is 1. The third-order valence-corrected chi connectivity index (χ3v) is 5.20. The van der Waals surface area contributed by atoms with E-state index in [9.17, 15) is 4.39 Å². The summed E-state index contributed by atoms with van der Waals surface area (Å²) in [5.74, 6) is 0.406. The van der Waals surface area contributed by atoms with Crippen LogP contribution < -0.4 is 5.32 Å². The van der Waals surface area contributed by atoms with Crippen molar-refractivity contribution in [2.75, 3.05) is 32.8 Å². The maximum Gasteiger partial charge on any atom is 0.194 e. The summed E-state index contributed by atoms with van der Waals surface area (Å²) in [4.78, 5) is 6.81.